The molecule has 1 heterocycles. The number of benzene rings is 2. The van der Waals surface area contributed by atoms with Crippen LogP contribution < -0.4 is 5.32 Å². The minimum atomic E-state index is 0.0402. The van der Waals surface area contributed by atoms with Gasteiger partial charge in [-0.05, 0) is 29.3 Å². The Labute approximate surface area is 162 Å². The van der Waals surface area contributed by atoms with Crippen molar-refractivity contribution >= 4 is 29.3 Å². The fourth-order valence-electron chi connectivity index (χ4n) is 2.55. The van der Waals surface area contributed by atoms with Crippen LogP contribution >= 0.6 is 23.4 Å². The zero-order chi connectivity index (χ0) is 18.2. The summed E-state index contributed by atoms with van der Waals surface area (Å²) in [6, 6.07) is 17.7. The van der Waals surface area contributed by atoms with E-state index in [1.165, 1.54) is 0 Å². The number of carbonyl (C=O) groups is 1. The van der Waals surface area contributed by atoms with Gasteiger partial charge in [0, 0.05) is 36.0 Å². The molecule has 0 aliphatic rings. The molecule has 6 heteroatoms. The molecule has 0 aliphatic carbocycles. The molecule has 3 rings (SSSR count). The van der Waals surface area contributed by atoms with Gasteiger partial charge in [-0.25, -0.2) is 0 Å². The largest absolute Gasteiger partial charge is 0.352 e. The van der Waals surface area contributed by atoms with Crippen molar-refractivity contribution < 1.29 is 4.79 Å². The van der Waals surface area contributed by atoms with Gasteiger partial charge in [0.15, 0.2) is 0 Å². The molecule has 1 N–H and O–H groups in total. The minimum Gasteiger partial charge on any atom is -0.352 e. The van der Waals surface area contributed by atoms with Crippen LogP contribution in [0.4, 0.5) is 0 Å². The predicted octanol–water partition coefficient (Wildman–Crippen LogP) is 4.38. The van der Waals surface area contributed by atoms with Gasteiger partial charge in [0.05, 0.1) is 11.6 Å². The van der Waals surface area contributed by atoms with Gasteiger partial charge >= 0.3 is 0 Å². The number of hydrogen-bond acceptors (Lipinski definition) is 3. The molecule has 0 saturated carbocycles. The van der Waals surface area contributed by atoms with Crippen molar-refractivity contribution in [2.75, 3.05) is 5.75 Å². The Bertz CT molecular complexity index is 852. The van der Waals surface area contributed by atoms with E-state index in [2.05, 4.69) is 16.5 Å². The molecule has 1 aromatic heterocycles. The summed E-state index contributed by atoms with van der Waals surface area (Å²) in [5, 5.41) is 7.97. The lowest BCUT2D eigenvalue weighted by Crippen LogP contribution is -2.23. The first-order valence-corrected chi connectivity index (χ1v) is 9.77. The predicted molar refractivity (Wildman–Crippen MR) is 106 cm³/mol. The Morgan fingerprint density at radius 1 is 1.08 bits per heavy atom. The summed E-state index contributed by atoms with van der Waals surface area (Å²) in [4.78, 5) is 13.2. The zero-order valence-electron chi connectivity index (χ0n) is 14.3. The monoisotopic (exact) mass is 385 g/mol. The lowest BCUT2D eigenvalue weighted by molar-refractivity contribution is -0.120. The van der Waals surface area contributed by atoms with Crippen molar-refractivity contribution in [1.82, 2.24) is 15.1 Å². The fourth-order valence-corrected chi connectivity index (χ4v) is 3.74. The molecule has 0 radical (unpaired) electrons. The van der Waals surface area contributed by atoms with Crippen molar-refractivity contribution in [2.45, 2.75) is 24.4 Å². The number of hydrogen-bond donors (Lipinski definition) is 1. The van der Waals surface area contributed by atoms with E-state index in [1.54, 1.807) is 18.0 Å². The topological polar surface area (TPSA) is 46.9 Å². The Morgan fingerprint density at radius 2 is 1.85 bits per heavy atom. The smallest absolute Gasteiger partial charge is 0.221 e. The first-order valence-electron chi connectivity index (χ1n) is 8.40. The number of nitrogens with one attached hydrogen (secondary N) is 1. The van der Waals surface area contributed by atoms with Gasteiger partial charge < -0.3 is 5.32 Å². The van der Waals surface area contributed by atoms with Crippen LogP contribution in [0.15, 0.2) is 71.9 Å². The van der Waals surface area contributed by atoms with Crippen LogP contribution in [-0.2, 0) is 17.9 Å². The molecule has 0 bridgehead atoms. The molecule has 1 amide bonds. The summed E-state index contributed by atoms with van der Waals surface area (Å²) in [5.41, 5.74) is 2.26. The second-order valence-electron chi connectivity index (χ2n) is 5.78. The molecular weight excluding hydrogens is 366 g/mol. The van der Waals surface area contributed by atoms with Crippen LogP contribution in [-0.4, -0.2) is 21.4 Å². The molecule has 0 saturated heterocycles. The third kappa shape index (κ3) is 5.38. The number of amides is 1. The zero-order valence-corrected chi connectivity index (χ0v) is 15.8. The standard InChI is InChI=1S/C20H20ClN3OS/c21-18-8-3-4-9-19(18)26-13-10-20(25)22-14-16-6-1-2-7-17(16)15-24-12-5-11-23-24/h1-9,11-12H,10,13-15H2,(H,22,25). The Morgan fingerprint density at radius 3 is 2.62 bits per heavy atom. The molecule has 2 aromatic carbocycles. The van der Waals surface area contributed by atoms with Crippen LogP contribution in [0.3, 0.4) is 0 Å². The molecule has 0 atom stereocenters. The molecule has 0 fully saturated rings. The highest BCUT2D eigenvalue weighted by molar-refractivity contribution is 7.99. The van der Waals surface area contributed by atoms with E-state index in [1.807, 2.05) is 59.4 Å². The lowest BCUT2D eigenvalue weighted by Gasteiger charge is -2.11. The summed E-state index contributed by atoms with van der Waals surface area (Å²) >= 11 is 7.73. The van der Waals surface area contributed by atoms with Gasteiger partial charge in [-0.2, -0.15) is 5.10 Å². The van der Waals surface area contributed by atoms with Gasteiger partial charge in [-0.3, -0.25) is 9.48 Å². The van der Waals surface area contributed by atoms with Crippen molar-refractivity contribution in [1.29, 1.82) is 0 Å². The molecule has 0 aliphatic heterocycles. The van der Waals surface area contributed by atoms with Gasteiger partial charge in [0.25, 0.3) is 0 Å². The van der Waals surface area contributed by atoms with Crippen LogP contribution in [0, 0.1) is 0 Å². The SMILES string of the molecule is O=C(CCSc1ccccc1Cl)NCc1ccccc1Cn1cccn1. The molecule has 26 heavy (non-hydrogen) atoms. The van der Waals surface area contributed by atoms with Crippen LogP contribution in [0.1, 0.15) is 17.5 Å². The fraction of sp³-hybridized carbons (Fsp3) is 0.200. The Balaban J connectivity index is 1.48. The Kier molecular flexibility index (Phi) is 6.75. The van der Waals surface area contributed by atoms with E-state index >= 15 is 0 Å². The average Bonchev–Trinajstić information content (AvgIpc) is 3.16. The highest BCUT2D eigenvalue weighted by atomic mass is 35.5. The van der Waals surface area contributed by atoms with Gasteiger partial charge in [-0.1, -0.05) is 48.0 Å². The summed E-state index contributed by atoms with van der Waals surface area (Å²) in [7, 11) is 0. The van der Waals surface area contributed by atoms with Gasteiger partial charge in [0.1, 0.15) is 0 Å². The van der Waals surface area contributed by atoms with Crippen LogP contribution in [0.25, 0.3) is 0 Å². The van der Waals surface area contributed by atoms with Crippen LogP contribution in [0.2, 0.25) is 5.02 Å². The highest BCUT2D eigenvalue weighted by Crippen LogP contribution is 2.26. The maximum Gasteiger partial charge on any atom is 0.221 e. The molecular formula is C20H20ClN3OS. The number of nitrogens with zero attached hydrogens (tertiary/aromatic N) is 2. The summed E-state index contributed by atoms with van der Waals surface area (Å²) in [6.07, 6.45) is 4.15. The first-order chi connectivity index (χ1) is 12.7. The first kappa shape index (κ1) is 18.5. The number of thioether (sulfide) groups is 1. The molecule has 3 aromatic rings. The lowest BCUT2D eigenvalue weighted by atomic mass is 10.1. The highest BCUT2D eigenvalue weighted by Gasteiger charge is 2.07. The van der Waals surface area contributed by atoms with Crippen molar-refractivity contribution in [3.05, 3.63) is 83.1 Å². The second-order valence-corrected chi connectivity index (χ2v) is 7.32. The summed E-state index contributed by atoms with van der Waals surface area (Å²) < 4.78 is 1.88. The number of carbonyl (C=O) groups excluding carboxylic acids is 1. The maximum atomic E-state index is 12.1. The number of halogens is 1. The number of aromatic nitrogens is 2. The third-order valence-corrected chi connectivity index (χ3v) is 5.43. The minimum absolute atomic E-state index is 0.0402. The van der Waals surface area contributed by atoms with Gasteiger partial charge in [-0.15, -0.1) is 11.8 Å². The number of rotatable bonds is 8. The van der Waals surface area contributed by atoms with E-state index in [-0.39, 0.29) is 5.91 Å². The van der Waals surface area contributed by atoms with Crippen molar-refractivity contribution in [3.63, 3.8) is 0 Å². The molecule has 0 unspecified atom stereocenters. The van der Waals surface area contributed by atoms with E-state index in [9.17, 15) is 4.79 Å². The third-order valence-electron chi connectivity index (χ3n) is 3.91. The second kappa shape index (κ2) is 9.46. The van der Waals surface area contributed by atoms with Gasteiger partial charge in [0.2, 0.25) is 5.91 Å². The normalized spacial score (nSPS) is 10.7. The van der Waals surface area contributed by atoms with E-state index in [4.69, 9.17) is 11.6 Å². The molecule has 4 nitrogen and oxygen atoms in total. The van der Waals surface area contributed by atoms with E-state index in [0.717, 1.165) is 21.0 Å². The quantitative estimate of drug-likeness (QED) is 0.585. The molecule has 134 valence electrons. The van der Waals surface area contributed by atoms with E-state index < -0.39 is 0 Å². The summed E-state index contributed by atoms with van der Waals surface area (Å²) in [5.74, 6) is 0.739. The Hall–Kier alpha value is -2.24. The molecule has 0 spiro atoms. The van der Waals surface area contributed by atoms with Crippen molar-refractivity contribution in [2.24, 2.45) is 0 Å². The van der Waals surface area contributed by atoms with Crippen molar-refractivity contribution in [3.8, 4) is 0 Å². The maximum absolute atomic E-state index is 12.1. The summed E-state index contributed by atoms with van der Waals surface area (Å²) in [6.45, 7) is 1.22. The van der Waals surface area contributed by atoms with Crippen LogP contribution in [0.5, 0.6) is 0 Å². The average molecular weight is 386 g/mol. The van der Waals surface area contributed by atoms with E-state index in [0.29, 0.717) is 25.3 Å².